The molecule has 15 heavy (non-hydrogen) atoms. The van der Waals surface area contributed by atoms with Crippen molar-refractivity contribution < 1.29 is 14.3 Å². The Morgan fingerprint density at radius 1 is 1.40 bits per heavy atom. The van der Waals surface area contributed by atoms with Crippen LogP contribution in [0.3, 0.4) is 0 Å². The number of benzene rings is 1. The lowest BCUT2D eigenvalue weighted by Gasteiger charge is -2.07. The third-order valence-electron chi connectivity index (χ3n) is 1.78. The molecule has 1 aromatic rings. The summed E-state index contributed by atoms with van der Waals surface area (Å²) in [5.74, 6) is 1.06. The number of carbonyl (C=O) groups is 1. The number of ether oxygens (including phenoxy) is 2. The highest BCUT2D eigenvalue weighted by molar-refractivity contribution is 9.09. The highest BCUT2D eigenvalue weighted by Crippen LogP contribution is 2.23. The van der Waals surface area contributed by atoms with E-state index in [0.717, 1.165) is 0 Å². The van der Waals surface area contributed by atoms with E-state index in [4.69, 9.17) is 21.1 Å². The quantitative estimate of drug-likeness (QED) is 0.618. The Morgan fingerprint density at radius 2 is 2.07 bits per heavy atom. The number of hydrogen-bond donors (Lipinski definition) is 0. The molecule has 0 N–H and O–H groups in total. The van der Waals surface area contributed by atoms with Crippen LogP contribution in [0, 0.1) is 0 Å². The van der Waals surface area contributed by atoms with E-state index in [1.165, 1.54) is 7.11 Å². The molecule has 0 aliphatic heterocycles. The molecule has 0 heterocycles. The zero-order valence-corrected chi connectivity index (χ0v) is 10.5. The number of halogens is 2. The number of methoxy groups -OCH3 is 1. The molecule has 1 aromatic carbocycles. The Morgan fingerprint density at radius 3 is 2.60 bits per heavy atom. The minimum absolute atomic E-state index is 0.0340. The molecule has 0 spiro atoms. The standard InChI is InChI=1S/C10H10BrClO3/c1-14-8-2-7(10(13)5-11)3-9(4-8)15-6-12/h2-4H,5-6H2,1H3. The molecule has 0 unspecified atom stereocenters. The largest absolute Gasteiger partial charge is 0.497 e. The third kappa shape index (κ3) is 3.39. The van der Waals surface area contributed by atoms with Gasteiger partial charge in [0.1, 0.15) is 11.5 Å². The van der Waals surface area contributed by atoms with Crippen molar-refractivity contribution in [3.05, 3.63) is 23.8 Å². The normalized spacial score (nSPS) is 9.80. The molecule has 82 valence electrons. The number of carbonyl (C=O) groups excluding carboxylic acids is 1. The molecule has 0 atom stereocenters. The van der Waals surface area contributed by atoms with Gasteiger partial charge in [0, 0.05) is 11.6 Å². The fourth-order valence-corrected chi connectivity index (χ4v) is 1.52. The first kappa shape index (κ1) is 12.3. The van der Waals surface area contributed by atoms with Crippen molar-refractivity contribution in [2.24, 2.45) is 0 Å². The summed E-state index contributed by atoms with van der Waals surface area (Å²) >= 11 is 8.54. The molecule has 0 amide bonds. The van der Waals surface area contributed by atoms with Gasteiger partial charge in [-0.2, -0.15) is 0 Å². The molecule has 0 saturated carbocycles. The molecule has 0 fully saturated rings. The van der Waals surface area contributed by atoms with Gasteiger partial charge in [-0.15, -0.1) is 0 Å². The minimum Gasteiger partial charge on any atom is -0.497 e. The van der Waals surface area contributed by atoms with Crippen LogP contribution < -0.4 is 9.47 Å². The number of rotatable bonds is 5. The van der Waals surface area contributed by atoms with Crippen LogP contribution in [-0.4, -0.2) is 24.3 Å². The maximum atomic E-state index is 11.4. The summed E-state index contributed by atoms with van der Waals surface area (Å²) in [6.45, 7) is 0. The van der Waals surface area contributed by atoms with Gasteiger partial charge >= 0.3 is 0 Å². The molecule has 0 aromatic heterocycles. The molecule has 3 nitrogen and oxygen atoms in total. The Kier molecular flexibility index (Phi) is 4.91. The zero-order valence-electron chi connectivity index (χ0n) is 8.13. The Hall–Kier alpha value is -0.740. The van der Waals surface area contributed by atoms with Gasteiger partial charge in [-0.25, -0.2) is 0 Å². The molecule has 0 aliphatic carbocycles. The maximum Gasteiger partial charge on any atom is 0.173 e. The van der Waals surface area contributed by atoms with Crippen molar-refractivity contribution in [2.75, 3.05) is 18.5 Å². The predicted molar refractivity (Wildman–Crippen MR) is 62.5 cm³/mol. The molecule has 0 radical (unpaired) electrons. The summed E-state index contributed by atoms with van der Waals surface area (Å²) < 4.78 is 10.1. The second-order valence-corrected chi connectivity index (χ2v) is 3.49. The van der Waals surface area contributed by atoms with Crippen molar-refractivity contribution >= 4 is 33.3 Å². The summed E-state index contributed by atoms with van der Waals surface area (Å²) in [6, 6.07) is 5.00. The number of alkyl halides is 2. The minimum atomic E-state index is -0.0340. The topological polar surface area (TPSA) is 35.5 Å². The van der Waals surface area contributed by atoms with Gasteiger partial charge in [0.2, 0.25) is 0 Å². The van der Waals surface area contributed by atoms with Crippen molar-refractivity contribution in [1.82, 2.24) is 0 Å². The highest BCUT2D eigenvalue weighted by atomic mass is 79.9. The first-order valence-corrected chi connectivity index (χ1v) is 5.84. The third-order valence-corrected chi connectivity index (χ3v) is 2.40. The van der Waals surface area contributed by atoms with E-state index >= 15 is 0 Å². The van der Waals surface area contributed by atoms with Gasteiger partial charge in [0.25, 0.3) is 0 Å². The lowest BCUT2D eigenvalue weighted by atomic mass is 10.1. The summed E-state index contributed by atoms with van der Waals surface area (Å²) in [7, 11) is 1.53. The smallest absolute Gasteiger partial charge is 0.173 e. The summed E-state index contributed by atoms with van der Waals surface area (Å²) in [6.07, 6.45) is 0. The van der Waals surface area contributed by atoms with Crippen LogP contribution >= 0.6 is 27.5 Å². The van der Waals surface area contributed by atoms with E-state index in [0.29, 0.717) is 17.1 Å². The average molecular weight is 294 g/mol. The first-order valence-electron chi connectivity index (χ1n) is 4.18. The van der Waals surface area contributed by atoms with Crippen LogP contribution in [0.2, 0.25) is 0 Å². The van der Waals surface area contributed by atoms with Gasteiger partial charge in [0.05, 0.1) is 12.4 Å². The number of ketones is 1. The van der Waals surface area contributed by atoms with Crippen LogP contribution in [0.25, 0.3) is 0 Å². The fourth-order valence-electron chi connectivity index (χ4n) is 1.07. The molecule has 0 saturated heterocycles. The van der Waals surface area contributed by atoms with E-state index in [1.807, 2.05) is 0 Å². The van der Waals surface area contributed by atoms with E-state index in [9.17, 15) is 4.79 Å². The number of Topliss-reactive ketones (excluding diaryl/α,β-unsaturated/α-hetero) is 1. The summed E-state index contributed by atoms with van der Waals surface area (Å²) in [5.41, 5.74) is 0.534. The molecular weight excluding hydrogens is 283 g/mol. The highest BCUT2D eigenvalue weighted by Gasteiger charge is 2.08. The Bertz CT molecular complexity index is 355. The van der Waals surface area contributed by atoms with Crippen molar-refractivity contribution in [3.63, 3.8) is 0 Å². The predicted octanol–water partition coefficient (Wildman–Crippen LogP) is 2.85. The fraction of sp³-hybridized carbons (Fsp3) is 0.300. The lowest BCUT2D eigenvalue weighted by molar-refractivity contribution is 0.102. The maximum absolute atomic E-state index is 11.4. The van der Waals surface area contributed by atoms with E-state index in [2.05, 4.69) is 15.9 Å². The first-order chi connectivity index (χ1) is 7.21. The van der Waals surface area contributed by atoms with Crippen LogP contribution in [0.1, 0.15) is 10.4 Å². The summed E-state index contributed by atoms with van der Waals surface area (Å²) in [5, 5.41) is 0.264. The van der Waals surface area contributed by atoms with Crippen molar-refractivity contribution in [1.29, 1.82) is 0 Å². The molecule has 1 rings (SSSR count). The summed E-state index contributed by atoms with van der Waals surface area (Å²) in [4.78, 5) is 11.4. The van der Waals surface area contributed by atoms with E-state index < -0.39 is 0 Å². The monoisotopic (exact) mass is 292 g/mol. The Labute approximate surface area is 101 Å². The van der Waals surface area contributed by atoms with Gasteiger partial charge in [-0.1, -0.05) is 27.5 Å². The second-order valence-electron chi connectivity index (χ2n) is 2.71. The van der Waals surface area contributed by atoms with Gasteiger partial charge in [-0.05, 0) is 12.1 Å². The molecule has 5 heteroatoms. The van der Waals surface area contributed by atoms with Crippen molar-refractivity contribution in [3.8, 4) is 11.5 Å². The van der Waals surface area contributed by atoms with Crippen LogP contribution in [-0.2, 0) is 0 Å². The van der Waals surface area contributed by atoms with Gasteiger partial charge in [0.15, 0.2) is 11.8 Å². The van der Waals surface area contributed by atoms with Crippen molar-refractivity contribution in [2.45, 2.75) is 0 Å². The molecule has 0 bridgehead atoms. The SMILES string of the molecule is COc1cc(OCCl)cc(C(=O)CBr)c1. The molecular formula is C10H10BrClO3. The van der Waals surface area contributed by atoms with E-state index in [1.54, 1.807) is 18.2 Å². The zero-order chi connectivity index (χ0) is 11.3. The van der Waals surface area contributed by atoms with Crippen LogP contribution in [0.4, 0.5) is 0 Å². The Balaban J connectivity index is 3.05. The lowest BCUT2D eigenvalue weighted by Crippen LogP contribution is -2.01. The van der Waals surface area contributed by atoms with Gasteiger partial charge in [-0.3, -0.25) is 4.79 Å². The van der Waals surface area contributed by atoms with Gasteiger partial charge < -0.3 is 9.47 Å². The van der Waals surface area contributed by atoms with Crippen LogP contribution in [0.5, 0.6) is 11.5 Å². The average Bonchev–Trinajstić information content (AvgIpc) is 2.28. The van der Waals surface area contributed by atoms with Crippen LogP contribution in [0.15, 0.2) is 18.2 Å². The van der Waals surface area contributed by atoms with E-state index in [-0.39, 0.29) is 17.2 Å². The number of hydrogen-bond acceptors (Lipinski definition) is 3. The second kappa shape index (κ2) is 5.98. The molecule has 0 aliphatic rings.